The number of benzene rings is 1. The molecule has 0 bridgehead atoms. The lowest BCUT2D eigenvalue weighted by atomic mass is 10.1. The van der Waals surface area contributed by atoms with Crippen LogP contribution >= 0.6 is 0 Å². The molecule has 1 aliphatic rings. The molecule has 0 radical (unpaired) electrons. The topological polar surface area (TPSA) is 78.9 Å². The summed E-state index contributed by atoms with van der Waals surface area (Å²) in [6, 6.07) is 7.79. The maximum Gasteiger partial charge on any atom is 0.222 e. The quantitative estimate of drug-likeness (QED) is 0.640. The average molecular weight is 261 g/mol. The standard InChI is InChI=1S/C14H19N3O2/c1-10(14(15)18)9-17-8-4-6-12(16-19)11-5-2-3-7-13(11)17/h2-3,5,7,10,19H,4,6,8-9H2,1H3,(H2,15,18)/b16-12-. The van der Waals surface area contributed by atoms with Gasteiger partial charge < -0.3 is 15.8 Å². The Morgan fingerprint density at radius 1 is 1.53 bits per heavy atom. The van der Waals surface area contributed by atoms with E-state index in [1.807, 2.05) is 31.2 Å². The smallest absolute Gasteiger partial charge is 0.222 e. The highest BCUT2D eigenvalue weighted by molar-refractivity contribution is 6.05. The predicted molar refractivity (Wildman–Crippen MR) is 74.6 cm³/mol. The molecule has 0 aliphatic carbocycles. The van der Waals surface area contributed by atoms with Crippen LogP contribution in [0.1, 0.15) is 25.3 Å². The van der Waals surface area contributed by atoms with Crippen molar-refractivity contribution in [2.75, 3.05) is 18.0 Å². The lowest BCUT2D eigenvalue weighted by molar-refractivity contribution is -0.121. The van der Waals surface area contributed by atoms with Gasteiger partial charge in [-0.3, -0.25) is 4.79 Å². The number of anilines is 1. The highest BCUT2D eigenvalue weighted by Gasteiger charge is 2.22. The molecule has 0 fully saturated rings. The van der Waals surface area contributed by atoms with Crippen LogP contribution in [0.15, 0.2) is 29.4 Å². The van der Waals surface area contributed by atoms with E-state index in [2.05, 4.69) is 10.1 Å². The number of rotatable bonds is 3. The number of nitrogens with two attached hydrogens (primary N) is 1. The normalized spacial score (nSPS) is 18.8. The molecule has 2 rings (SSSR count). The molecule has 19 heavy (non-hydrogen) atoms. The summed E-state index contributed by atoms with van der Waals surface area (Å²) in [4.78, 5) is 13.4. The van der Waals surface area contributed by atoms with Gasteiger partial charge >= 0.3 is 0 Å². The van der Waals surface area contributed by atoms with E-state index >= 15 is 0 Å². The molecule has 1 atom stereocenters. The maximum absolute atomic E-state index is 11.2. The molecule has 0 spiro atoms. The number of hydrogen-bond donors (Lipinski definition) is 2. The van der Waals surface area contributed by atoms with Gasteiger partial charge in [0, 0.05) is 24.3 Å². The number of amides is 1. The fourth-order valence-corrected chi connectivity index (χ4v) is 2.40. The van der Waals surface area contributed by atoms with Crippen LogP contribution in [0.3, 0.4) is 0 Å². The number of carbonyl (C=O) groups excluding carboxylic acids is 1. The van der Waals surface area contributed by atoms with Gasteiger partial charge in [-0.05, 0) is 18.9 Å². The first-order valence-electron chi connectivity index (χ1n) is 6.48. The minimum atomic E-state index is -0.294. The van der Waals surface area contributed by atoms with E-state index in [0.29, 0.717) is 12.3 Å². The maximum atomic E-state index is 11.2. The molecule has 1 amide bonds. The Morgan fingerprint density at radius 3 is 2.95 bits per heavy atom. The minimum Gasteiger partial charge on any atom is -0.411 e. The molecule has 3 N–H and O–H groups in total. The third-order valence-electron chi connectivity index (χ3n) is 3.50. The number of para-hydroxylation sites is 1. The zero-order valence-corrected chi connectivity index (χ0v) is 11.0. The Morgan fingerprint density at radius 2 is 2.26 bits per heavy atom. The second-order valence-electron chi connectivity index (χ2n) is 4.92. The van der Waals surface area contributed by atoms with Crippen molar-refractivity contribution in [2.24, 2.45) is 16.8 Å². The molecule has 1 aliphatic heterocycles. The van der Waals surface area contributed by atoms with Crippen LogP contribution in [0.4, 0.5) is 5.69 Å². The van der Waals surface area contributed by atoms with Crippen LogP contribution in [-0.2, 0) is 4.79 Å². The second kappa shape index (κ2) is 5.73. The van der Waals surface area contributed by atoms with Crippen molar-refractivity contribution < 1.29 is 10.0 Å². The Labute approximate surface area is 112 Å². The van der Waals surface area contributed by atoms with E-state index in [4.69, 9.17) is 10.9 Å². The van der Waals surface area contributed by atoms with Crippen molar-refractivity contribution in [1.82, 2.24) is 0 Å². The highest BCUT2D eigenvalue weighted by atomic mass is 16.4. The Hall–Kier alpha value is -2.04. The van der Waals surface area contributed by atoms with Crippen LogP contribution in [-0.4, -0.2) is 29.9 Å². The van der Waals surface area contributed by atoms with Gasteiger partial charge in [0.25, 0.3) is 0 Å². The number of carbonyl (C=O) groups is 1. The zero-order valence-electron chi connectivity index (χ0n) is 11.0. The second-order valence-corrected chi connectivity index (χ2v) is 4.92. The molecular weight excluding hydrogens is 242 g/mol. The molecule has 0 aromatic heterocycles. The van der Waals surface area contributed by atoms with Gasteiger partial charge in [0.05, 0.1) is 11.6 Å². The first-order chi connectivity index (χ1) is 9.13. The van der Waals surface area contributed by atoms with E-state index < -0.39 is 0 Å². The van der Waals surface area contributed by atoms with Crippen molar-refractivity contribution in [3.8, 4) is 0 Å². The van der Waals surface area contributed by atoms with E-state index in [9.17, 15) is 4.79 Å². The zero-order chi connectivity index (χ0) is 13.8. The van der Waals surface area contributed by atoms with Crippen molar-refractivity contribution in [3.63, 3.8) is 0 Å². The summed E-state index contributed by atoms with van der Waals surface area (Å²) in [5.74, 6) is -0.501. The molecule has 0 saturated heterocycles. The first kappa shape index (κ1) is 13.4. The Kier molecular flexibility index (Phi) is 4.04. The van der Waals surface area contributed by atoms with Crippen molar-refractivity contribution in [1.29, 1.82) is 0 Å². The molecule has 1 heterocycles. The number of nitrogens with zero attached hydrogens (tertiary/aromatic N) is 2. The largest absolute Gasteiger partial charge is 0.411 e. The summed E-state index contributed by atoms with van der Waals surface area (Å²) in [6.45, 7) is 3.25. The van der Waals surface area contributed by atoms with Crippen LogP contribution in [0.5, 0.6) is 0 Å². The fraction of sp³-hybridized carbons (Fsp3) is 0.429. The third-order valence-corrected chi connectivity index (χ3v) is 3.50. The summed E-state index contributed by atoms with van der Waals surface area (Å²) in [5.41, 5.74) is 7.97. The van der Waals surface area contributed by atoms with E-state index in [1.54, 1.807) is 0 Å². The first-order valence-corrected chi connectivity index (χ1v) is 6.48. The molecule has 1 unspecified atom stereocenters. The number of oxime groups is 1. The lowest BCUT2D eigenvalue weighted by Crippen LogP contribution is -2.35. The molecule has 5 heteroatoms. The predicted octanol–water partition coefficient (Wildman–Crippen LogP) is 1.59. The van der Waals surface area contributed by atoms with Crippen molar-refractivity contribution >= 4 is 17.3 Å². The van der Waals surface area contributed by atoms with Gasteiger partial charge in [0.1, 0.15) is 0 Å². The average Bonchev–Trinajstić information content (AvgIpc) is 2.58. The van der Waals surface area contributed by atoms with Gasteiger partial charge in [-0.1, -0.05) is 30.3 Å². The molecule has 1 aromatic rings. The number of hydrogen-bond acceptors (Lipinski definition) is 4. The molecule has 0 saturated carbocycles. The monoisotopic (exact) mass is 261 g/mol. The summed E-state index contributed by atoms with van der Waals surface area (Å²) in [7, 11) is 0. The van der Waals surface area contributed by atoms with Gasteiger partial charge in [-0.15, -0.1) is 0 Å². The van der Waals surface area contributed by atoms with E-state index in [-0.39, 0.29) is 11.8 Å². The SMILES string of the molecule is CC(CN1CCC/C(=N/O)c2ccccc21)C(N)=O. The number of fused-ring (bicyclic) bond motifs is 1. The van der Waals surface area contributed by atoms with E-state index in [0.717, 1.165) is 30.6 Å². The van der Waals surface area contributed by atoms with Gasteiger partial charge in [-0.25, -0.2) is 0 Å². The summed E-state index contributed by atoms with van der Waals surface area (Å²) in [6.07, 6.45) is 1.62. The van der Waals surface area contributed by atoms with Crippen LogP contribution < -0.4 is 10.6 Å². The van der Waals surface area contributed by atoms with Crippen LogP contribution in [0.2, 0.25) is 0 Å². The Balaban J connectivity index is 2.33. The molecule has 102 valence electrons. The summed E-state index contributed by atoms with van der Waals surface area (Å²) < 4.78 is 0. The van der Waals surface area contributed by atoms with Crippen LogP contribution in [0, 0.1) is 5.92 Å². The lowest BCUT2D eigenvalue weighted by Gasteiger charge is -2.26. The number of primary amides is 1. The van der Waals surface area contributed by atoms with Crippen LogP contribution in [0.25, 0.3) is 0 Å². The van der Waals surface area contributed by atoms with Gasteiger partial charge in [0.15, 0.2) is 0 Å². The molecule has 5 nitrogen and oxygen atoms in total. The molecule has 1 aromatic carbocycles. The minimum absolute atomic E-state index is 0.208. The highest BCUT2D eigenvalue weighted by Crippen LogP contribution is 2.27. The fourth-order valence-electron chi connectivity index (χ4n) is 2.40. The van der Waals surface area contributed by atoms with Gasteiger partial charge in [0.2, 0.25) is 5.91 Å². The van der Waals surface area contributed by atoms with Crippen molar-refractivity contribution in [2.45, 2.75) is 19.8 Å². The summed E-state index contributed by atoms with van der Waals surface area (Å²) >= 11 is 0. The molecular formula is C14H19N3O2. The Bertz CT molecular complexity index is 499. The van der Waals surface area contributed by atoms with E-state index in [1.165, 1.54) is 0 Å². The van der Waals surface area contributed by atoms with Crippen molar-refractivity contribution in [3.05, 3.63) is 29.8 Å². The summed E-state index contributed by atoms with van der Waals surface area (Å²) in [5, 5.41) is 12.5. The third kappa shape index (κ3) is 2.86. The van der Waals surface area contributed by atoms with Gasteiger partial charge in [-0.2, -0.15) is 0 Å².